The second-order valence-corrected chi connectivity index (χ2v) is 5.06. The van der Waals surface area contributed by atoms with E-state index in [9.17, 15) is 4.79 Å². The van der Waals surface area contributed by atoms with E-state index in [1.54, 1.807) is 24.3 Å². The van der Waals surface area contributed by atoms with Crippen molar-refractivity contribution in [3.63, 3.8) is 0 Å². The summed E-state index contributed by atoms with van der Waals surface area (Å²) in [4.78, 5) is 22.1. The first-order chi connectivity index (χ1) is 9.20. The molecular formula is C15H20O4. The van der Waals surface area contributed by atoms with Crippen molar-refractivity contribution in [2.45, 2.75) is 38.7 Å². The summed E-state index contributed by atoms with van der Waals surface area (Å²) in [7, 11) is 1.52. The largest absolute Gasteiger partial charge is 0.496 e. The van der Waals surface area contributed by atoms with Gasteiger partial charge in [-0.05, 0) is 30.9 Å². The maximum atomic E-state index is 11.9. The van der Waals surface area contributed by atoms with Crippen molar-refractivity contribution in [3.05, 3.63) is 29.8 Å². The second-order valence-electron chi connectivity index (χ2n) is 5.06. The molecule has 104 valence electrons. The van der Waals surface area contributed by atoms with E-state index >= 15 is 0 Å². The molecule has 4 nitrogen and oxygen atoms in total. The molecule has 2 atom stereocenters. The molecule has 2 unspecified atom stereocenters. The standard InChI is InChI=1S/C15H20O4/c1-11-6-5-7-12(10-11)18-19-15(16)13-8-3-4-9-14(13)17-2/h3-4,8-9,11-12H,5-7,10H2,1-2H3. The molecular weight excluding hydrogens is 244 g/mol. The highest BCUT2D eigenvalue weighted by atomic mass is 17.2. The molecule has 1 aromatic carbocycles. The second kappa shape index (κ2) is 6.57. The first kappa shape index (κ1) is 13.9. The summed E-state index contributed by atoms with van der Waals surface area (Å²) in [6.07, 6.45) is 4.25. The van der Waals surface area contributed by atoms with Crippen molar-refractivity contribution in [1.29, 1.82) is 0 Å². The van der Waals surface area contributed by atoms with Crippen LogP contribution in [0.2, 0.25) is 0 Å². The molecule has 19 heavy (non-hydrogen) atoms. The number of hydrogen-bond donors (Lipinski definition) is 0. The Morgan fingerprint density at radius 1 is 1.26 bits per heavy atom. The summed E-state index contributed by atoms with van der Waals surface area (Å²) >= 11 is 0. The van der Waals surface area contributed by atoms with Crippen LogP contribution >= 0.6 is 0 Å². The smallest absolute Gasteiger partial charge is 0.376 e. The van der Waals surface area contributed by atoms with Crippen LogP contribution in [-0.2, 0) is 9.78 Å². The summed E-state index contributed by atoms with van der Waals surface area (Å²) < 4.78 is 5.12. The van der Waals surface area contributed by atoms with Gasteiger partial charge in [-0.2, -0.15) is 4.89 Å². The molecule has 2 rings (SSSR count). The van der Waals surface area contributed by atoms with E-state index < -0.39 is 5.97 Å². The SMILES string of the molecule is COc1ccccc1C(=O)OOC1CCCC(C)C1. The Labute approximate surface area is 113 Å². The molecule has 1 fully saturated rings. The van der Waals surface area contributed by atoms with Crippen LogP contribution in [0.1, 0.15) is 43.0 Å². The van der Waals surface area contributed by atoms with Gasteiger partial charge < -0.3 is 4.74 Å². The van der Waals surface area contributed by atoms with Gasteiger partial charge in [0.1, 0.15) is 17.4 Å². The van der Waals surface area contributed by atoms with Crippen LogP contribution in [0.25, 0.3) is 0 Å². The Bertz CT molecular complexity index is 430. The predicted octanol–water partition coefficient (Wildman–Crippen LogP) is 3.36. The van der Waals surface area contributed by atoms with Gasteiger partial charge in [0.05, 0.1) is 7.11 Å². The Kier molecular flexibility index (Phi) is 4.80. The Hall–Kier alpha value is -1.55. The minimum absolute atomic E-state index is 0.0161. The molecule has 1 aliphatic rings. The van der Waals surface area contributed by atoms with Crippen molar-refractivity contribution in [2.24, 2.45) is 5.92 Å². The lowest BCUT2D eigenvalue weighted by molar-refractivity contribution is -0.281. The topological polar surface area (TPSA) is 44.8 Å². The molecule has 0 heterocycles. The number of carbonyl (C=O) groups excluding carboxylic acids is 1. The van der Waals surface area contributed by atoms with Gasteiger partial charge in [0, 0.05) is 0 Å². The van der Waals surface area contributed by atoms with Crippen LogP contribution in [0.4, 0.5) is 0 Å². The average Bonchev–Trinajstić information content (AvgIpc) is 2.45. The van der Waals surface area contributed by atoms with Gasteiger partial charge >= 0.3 is 5.97 Å². The zero-order valence-electron chi connectivity index (χ0n) is 11.4. The number of para-hydroxylation sites is 1. The molecule has 1 aliphatic carbocycles. The van der Waals surface area contributed by atoms with Crippen LogP contribution in [0, 0.1) is 5.92 Å². The van der Waals surface area contributed by atoms with Crippen molar-refractivity contribution in [2.75, 3.05) is 7.11 Å². The quantitative estimate of drug-likeness (QED) is 0.618. The lowest BCUT2D eigenvalue weighted by Crippen LogP contribution is -2.23. The molecule has 1 aromatic rings. The van der Waals surface area contributed by atoms with Crippen molar-refractivity contribution < 1.29 is 19.3 Å². The number of carbonyl (C=O) groups is 1. The molecule has 1 saturated carbocycles. The minimum atomic E-state index is -0.504. The number of hydrogen-bond acceptors (Lipinski definition) is 4. The maximum Gasteiger partial charge on any atom is 0.376 e. The molecule has 0 amide bonds. The van der Waals surface area contributed by atoms with Crippen molar-refractivity contribution in [3.8, 4) is 5.75 Å². The maximum absolute atomic E-state index is 11.9. The van der Waals surface area contributed by atoms with Crippen molar-refractivity contribution >= 4 is 5.97 Å². The van der Waals surface area contributed by atoms with Gasteiger partial charge in [-0.25, -0.2) is 4.79 Å². The average molecular weight is 264 g/mol. The number of methoxy groups -OCH3 is 1. The molecule has 0 aromatic heterocycles. The lowest BCUT2D eigenvalue weighted by Gasteiger charge is -2.24. The van der Waals surface area contributed by atoms with E-state index in [1.807, 2.05) is 0 Å². The van der Waals surface area contributed by atoms with Crippen LogP contribution in [0.15, 0.2) is 24.3 Å². The third-order valence-corrected chi connectivity index (χ3v) is 3.48. The zero-order valence-corrected chi connectivity index (χ0v) is 11.4. The highest BCUT2D eigenvalue weighted by molar-refractivity contribution is 5.92. The zero-order chi connectivity index (χ0) is 13.7. The molecule has 0 spiro atoms. The van der Waals surface area contributed by atoms with Crippen LogP contribution in [-0.4, -0.2) is 19.2 Å². The fourth-order valence-electron chi connectivity index (χ4n) is 2.44. The summed E-state index contributed by atoms with van der Waals surface area (Å²) in [5.41, 5.74) is 0.383. The van der Waals surface area contributed by atoms with Crippen LogP contribution < -0.4 is 4.74 Å². The molecule has 4 heteroatoms. The lowest BCUT2D eigenvalue weighted by atomic mass is 9.89. The van der Waals surface area contributed by atoms with E-state index in [4.69, 9.17) is 14.5 Å². The highest BCUT2D eigenvalue weighted by Crippen LogP contribution is 2.26. The van der Waals surface area contributed by atoms with E-state index in [2.05, 4.69) is 6.92 Å². The normalized spacial score (nSPS) is 22.8. The molecule has 0 N–H and O–H groups in total. The molecule has 0 bridgehead atoms. The van der Waals surface area contributed by atoms with Gasteiger partial charge in [-0.3, -0.25) is 4.89 Å². The van der Waals surface area contributed by atoms with E-state index in [-0.39, 0.29) is 6.10 Å². The highest BCUT2D eigenvalue weighted by Gasteiger charge is 2.22. The van der Waals surface area contributed by atoms with Gasteiger partial charge in [-0.15, -0.1) is 0 Å². The summed E-state index contributed by atoms with van der Waals surface area (Å²) in [6.45, 7) is 2.19. The molecule has 0 saturated heterocycles. The molecule has 0 aliphatic heterocycles. The van der Waals surface area contributed by atoms with Gasteiger partial charge in [0.2, 0.25) is 0 Å². The van der Waals surface area contributed by atoms with Crippen molar-refractivity contribution in [1.82, 2.24) is 0 Å². The third-order valence-electron chi connectivity index (χ3n) is 3.48. The van der Waals surface area contributed by atoms with E-state index in [0.717, 1.165) is 19.3 Å². The Morgan fingerprint density at radius 2 is 2.05 bits per heavy atom. The number of ether oxygens (including phenoxy) is 1. The van der Waals surface area contributed by atoms with Crippen LogP contribution in [0.3, 0.4) is 0 Å². The number of benzene rings is 1. The van der Waals surface area contributed by atoms with Crippen LogP contribution in [0.5, 0.6) is 5.75 Å². The summed E-state index contributed by atoms with van der Waals surface area (Å²) in [5.74, 6) is 0.618. The Morgan fingerprint density at radius 3 is 2.79 bits per heavy atom. The first-order valence-electron chi connectivity index (χ1n) is 6.71. The fraction of sp³-hybridized carbons (Fsp3) is 0.533. The van der Waals surface area contributed by atoms with E-state index in [1.165, 1.54) is 13.5 Å². The summed E-state index contributed by atoms with van der Waals surface area (Å²) in [5, 5.41) is 0. The monoisotopic (exact) mass is 264 g/mol. The Balaban J connectivity index is 1.90. The van der Waals surface area contributed by atoms with Gasteiger partial charge in [0.25, 0.3) is 0 Å². The van der Waals surface area contributed by atoms with E-state index in [0.29, 0.717) is 17.2 Å². The third kappa shape index (κ3) is 3.70. The molecule has 0 radical (unpaired) electrons. The van der Waals surface area contributed by atoms with Gasteiger partial charge in [0.15, 0.2) is 0 Å². The summed E-state index contributed by atoms with van der Waals surface area (Å²) in [6, 6.07) is 6.95. The number of rotatable bonds is 4. The van der Waals surface area contributed by atoms with Gasteiger partial charge in [-0.1, -0.05) is 31.9 Å². The first-order valence-corrected chi connectivity index (χ1v) is 6.71. The fourth-order valence-corrected chi connectivity index (χ4v) is 2.44. The predicted molar refractivity (Wildman–Crippen MR) is 70.9 cm³/mol. The minimum Gasteiger partial charge on any atom is -0.496 e.